The third-order valence-corrected chi connectivity index (χ3v) is 6.24. The van der Waals surface area contributed by atoms with Gasteiger partial charge in [-0.05, 0) is 27.2 Å². The van der Waals surface area contributed by atoms with Gasteiger partial charge in [0.1, 0.15) is 0 Å². The number of unbranched alkanes of at least 4 members (excludes halogenated alkanes) is 13. The van der Waals surface area contributed by atoms with E-state index < -0.39 is 0 Å². The summed E-state index contributed by atoms with van der Waals surface area (Å²) in [6, 6.07) is 0. The van der Waals surface area contributed by atoms with Crippen molar-refractivity contribution < 1.29 is 14.0 Å². The van der Waals surface area contributed by atoms with Crippen molar-refractivity contribution in [2.24, 2.45) is 0 Å². The SMILES string of the molecule is CCCCCCCCCCCCCCCCOC(=O)C[N+](CC)(CC)CC. The van der Waals surface area contributed by atoms with Gasteiger partial charge in [-0.15, -0.1) is 0 Å². The molecule has 162 valence electrons. The summed E-state index contributed by atoms with van der Waals surface area (Å²) in [5, 5.41) is 0. The van der Waals surface area contributed by atoms with Crippen LogP contribution in [-0.2, 0) is 9.53 Å². The molecule has 0 aliphatic heterocycles. The molecular formula is C24H50NO2+. The summed E-state index contributed by atoms with van der Waals surface area (Å²) < 4.78 is 6.30. The zero-order valence-electron chi connectivity index (χ0n) is 19.2. The molecule has 0 fully saturated rings. The Morgan fingerprint density at radius 1 is 0.593 bits per heavy atom. The van der Waals surface area contributed by atoms with Crippen LogP contribution in [0.2, 0.25) is 0 Å². The molecule has 0 rings (SSSR count). The lowest BCUT2D eigenvalue weighted by Gasteiger charge is -2.34. The predicted molar refractivity (Wildman–Crippen MR) is 118 cm³/mol. The average molecular weight is 385 g/mol. The van der Waals surface area contributed by atoms with E-state index in [0.717, 1.165) is 30.5 Å². The largest absolute Gasteiger partial charge is 0.462 e. The van der Waals surface area contributed by atoms with Crippen LogP contribution >= 0.6 is 0 Å². The highest BCUT2D eigenvalue weighted by atomic mass is 16.5. The summed E-state index contributed by atoms with van der Waals surface area (Å²) in [5.41, 5.74) is 0. The van der Waals surface area contributed by atoms with E-state index in [0.29, 0.717) is 13.2 Å². The van der Waals surface area contributed by atoms with Crippen molar-refractivity contribution in [2.45, 2.75) is 118 Å². The fraction of sp³-hybridized carbons (Fsp3) is 0.958. The first-order chi connectivity index (χ1) is 13.1. The van der Waals surface area contributed by atoms with Gasteiger partial charge in [-0.1, -0.05) is 90.4 Å². The lowest BCUT2D eigenvalue weighted by Crippen LogP contribution is -2.51. The molecule has 0 saturated heterocycles. The summed E-state index contributed by atoms with van der Waals surface area (Å²) in [6.45, 7) is 12.9. The number of rotatable bonds is 20. The second-order valence-electron chi connectivity index (χ2n) is 8.27. The van der Waals surface area contributed by atoms with Gasteiger partial charge < -0.3 is 9.22 Å². The van der Waals surface area contributed by atoms with Gasteiger partial charge in [0.05, 0.1) is 26.2 Å². The molecule has 0 radical (unpaired) electrons. The molecule has 27 heavy (non-hydrogen) atoms. The molecule has 0 bridgehead atoms. The average Bonchev–Trinajstić information content (AvgIpc) is 2.69. The van der Waals surface area contributed by atoms with Gasteiger partial charge in [-0.2, -0.15) is 0 Å². The summed E-state index contributed by atoms with van der Waals surface area (Å²) in [7, 11) is 0. The molecule has 0 N–H and O–H groups in total. The van der Waals surface area contributed by atoms with E-state index in [1.54, 1.807) is 0 Å². The molecule has 0 saturated carbocycles. The highest BCUT2D eigenvalue weighted by Crippen LogP contribution is 2.13. The zero-order chi connectivity index (χ0) is 20.2. The summed E-state index contributed by atoms with van der Waals surface area (Å²) in [6.07, 6.45) is 19.0. The van der Waals surface area contributed by atoms with Crippen molar-refractivity contribution >= 4 is 5.97 Å². The van der Waals surface area contributed by atoms with Gasteiger partial charge in [-0.25, -0.2) is 4.79 Å². The predicted octanol–water partition coefficient (Wildman–Crippen LogP) is 6.89. The summed E-state index contributed by atoms with van der Waals surface area (Å²) >= 11 is 0. The molecule has 0 heterocycles. The Bertz CT molecular complexity index is 318. The Balaban J connectivity index is 3.37. The second-order valence-corrected chi connectivity index (χ2v) is 8.27. The molecule has 0 aromatic rings. The van der Waals surface area contributed by atoms with E-state index in [-0.39, 0.29) is 5.97 Å². The van der Waals surface area contributed by atoms with Crippen LogP contribution in [0.1, 0.15) is 118 Å². The van der Waals surface area contributed by atoms with Crippen LogP contribution in [0.15, 0.2) is 0 Å². The molecule has 0 aliphatic rings. The third-order valence-electron chi connectivity index (χ3n) is 6.24. The lowest BCUT2D eigenvalue weighted by molar-refractivity contribution is -0.916. The van der Waals surface area contributed by atoms with Crippen LogP contribution in [0.5, 0.6) is 0 Å². The maximum absolute atomic E-state index is 12.0. The topological polar surface area (TPSA) is 26.3 Å². The summed E-state index contributed by atoms with van der Waals surface area (Å²) in [4.78, 5) is 12.0. The van der Waals surface area contributed by atoms with E-state index in [4.69, 9.17) is 4.74 Å². The Labute approximate surface area is 170 Å². The maximum Gasteiger partial charge on any atom is 0.361 e. The van der Waals surface area contributed by atoms with E-state index in [1.165, 1.54) is 83.5 Å². The first kappa shape index (κ1) is 26.4. The summed E-state index contributed by atoms with van der Waals surface area (Å²) in [5.74, 6) is -0.0183. The van der Waals surface area contributed by atoms with Gasteiger partial charge in [0.2, 0.25) is 0 Å². The molecule has 3 nitrogen and oxygen atoms in total. The maximum atomic E-state index is 12.0. The normalized spacial score (nSPS) is 11.7. The van der Waals surface area contributed by atoms with Crippen LogP contribution < -0.4 is 0 Å². The number of hydrogen-bond donors (Lipinski definition) is 0. The van der Waals surface area contributed by atoms with Gasteiger partial charge in [0, 0.05) is 0 Å². The number of likely N-dealkylation sites (N-methyl/N-ethyl adjacent to an activating group) is 1. The van der Waals surface area contributed by atoms with Gasteiger partial charge in [-0.3, -0.25) is 0 Å². The zero-order valence-corrected chi connectivity index (χ0v) is 19.2. The number of carbonyl (C=O) groups excluding carboxylic acids is 1. The Morgan fingerprint density at radius 3 is 1.33 bits per heavy atom. The quantitative estimate of drug-likeness (QED) is 0.130. The van der Waals surface area contributed by atoms with E-state index in [9.17, 15) is 4.79 Å². The number of nitrogens with zero attached hydrogens (tertiary/aromatic N) is 1. The molecule has 0 aromatic heterocycles. The van der Waals surface area contributed by atoms with Gasteiger partial charge in [0.25, 0.3) is 0 Å². The van der Waals surface area contributed by atoms with Gasteiger partial charge in [0.15, 0.2) is 6.54 Å². The minimum absolute atomic E-state index is 0.0183. The standard InChI is InChI=1S/C24H50NO2/c1-5-9-10-11-12-13-14-15-16-17-18-19-20-21-22-27-24(26)23-25(6-2,7-3)8-4/h5-23H2,1-4H3/q+1. The molecule has 3 heteroatoms. The lowest BCUT2D eigenvalue weighted by atomic mass is 10.0. The number of ether oxygens (including phenoxy) is 1. The van der Waals surface area contributed by atoms with Gasteiger partial charge >= 0.3 is 5.97 Å². The Morgan fingerprint density at radius 2 is 0.963 bits per heavy atom. The molecular weight excluding hydrogens is 334 g/mol. The van der Waals surface area contributed by atoms with Crippen molar-refractivity contribution in [1.82, 2.24) is 0 Å². The van der Waals surface area contributed by atoms with Crippen LogP contribution in [0.3, 0.4) is 0 Å². The van der Waals surface area contributed by atoms with Crippen LogP contribution in [-0.4, -0.2) is 43.2 Å². The van der Waals surface area contributed by atoms with Crippen molar-refractivity contribution in [3.8, 4) is 0 Å². The van der Waals surface area contributed by atoms with E-state index in [1.807, 2.05) is 0 Å². The fourth-order valence-electron chi connectivity index (χ4n) is 3.81. The first-order valence-electron chi connectivity index (χ1n) is 12.1. The monoisotopic (exact) mass is 384 g/mol. The second kappa shape index (κ2) is 18.8. The molecule has 0 atom stereocenters. The smallest absolute Gasteiger partial charge is 0.361 e. The molecule has 0 unspecified atom stereocenters. The number of carbonyl (C=O) groups is 1. The minimum atomic E-state index is -0.0183. The Hall–Kier alpha value is -0.570. The van der Waals surface area contributed by atoms with E-state index in [2.05, 4.69) is 27.7 Å². The minimum Gasteiger partial charge on any atom is -0.462 e. The fourth-order valence-corrected chi connectivity index (χ4v) is 3.81. The van der Waals surface area contributed by atoms with Crippen LogP contribution in [0, 0.1) is 0 Å². The number of quaternary nitrogens is 1. The highest BCUT2D eigenvalue weighted by Gasteiger charge is 2.25. The van der Waals surface area contributed by atoms with Crippen LogP contribution in [0.4, 0.5) is 0 Å². The van der Waals surface area contributed by atoms with Crippen LogP contribution in [0.25, 0.3) is 0 Å². The van der Waals surface area contributed by atoms with Crippen molar-refractivity contribution in [3.05, 3.63) is 0 Å². The third kappa shape index (κ3) is 15.1. The molecule has 0 aromatic carbocycles. The van der Waals surface area contributed by atoms with Crippen molar-refractivity contribution in [2.75, 3.05) is 32.8 Å². The number of hydrogen-bond acceptors (Lipinski definition) is 2. The molecule has 0 amide bonds. The van der Waals surface area contributed by atoms with Crippen molar-refractivity contribution in [1.29, 1.82) is 0 Å². The van der Waals surface area contributed by atoms with E-state index >= 15 is 0 Å². The number of esters is 1. The first-order valence-corrected chi connectivity index (χ1v) is 12.1. The molecule has 0 aliphatic carbocycles. The van der Waals surface area contributed by atoms with Crippen molar-refractivity contribution in [3.63, 3.8) is 0 Å². The molecule has 0 spiro atoms. The highest BCUT2D eigenvalue weighted by molar-refractivity contribution is 5.70. The Kier molecular flexibility index (Phi) is 18.4.